The fraction of sp³-hybridized carbons (Fsp3) is 0.389. The van der Waals surface area contributed by atoms with Crippen LogP contribution in [0.2, 0.25) is 0 Å². The zero-order valence-corrected chi connectivity index (χ0v) is 14.9. The number of aliphatic hydroxyl groups excluding tert-OH is 4. The smallest absolute Gasteiger partial charge is 0.358 e. The van der Waals surface area contributed by atoms with Gasteiger partial charge in [-0.1, -0.05) is 0 Å². The fourth-order valence-electron chi connectivity index (χ4n) is 2.69. The molecule has 150 valence electrons. The summed E-state index contributed by atoms with van der Waals surface area (Å²) in [6.07, 6.45) is -4.03. The minimum atomic E-state index is -1.52. The largest absolute Gasteiger partial charge is 0.464 e. The van der Waals surface area contributed by atoms with Crippen molar-refractivity contribution in [1.29, 1.82) is 0 Å². The molecule has 0 amide bonds. The van der Waals surface area contributed by atoms with Crippen molar-refractivity contribution in [2.45, 2.75) is 30.7 Å². The van der Waals surface area contributed by atoms with E-state index in [-0.39, 0.29) is 5.69 Å². The lowest BCUT2D eigenvalue weighted by Gasteiger charge is -2.39. The van der Waals surface area contributed by atoms with E-state index in [0.29, 0.717) is 17.0 Å². The Morgan fingerprint density at radius 1 is 1.07 bits per heavy atom. The summed E-state index contributed by atoms with van der Waals surface area (Å²) in [5.41, 5.74) is 1.31. The van der Waals surface area contributed by atoms with E-state index < -0.39 is 43.3 Å². The molecule has 0 unspecified atom stereocenters. The first-order chi connectivity index (χ1) is 13.4. The molecule has 1 aromatic carbocycles. The van der Waals surface area contributed by atoms with Gasteiger partial charge in [-0.25, -0.2) is 9.78 Å². The van der Waals surface area contributed by atoms with Gasteiger partial charge in [-0.3, -0.25) is 4.98 Å². The van der Waals surface area contributed by atoms with Gasteiger partial charge in [-0.15, -0.1) is 0 Å². The van der Waals surface area contributed by atoms with Crippen LogP contribution in [0.5, 0.6) is 5.75 Å². The summed E-state index contributed by atoms with van der Waals surface area (Å²) in [6.45, 7) is -0.538. The summed E-state index contributed by atoms with van der Waals surface area (Å²) >= 11 is 0. The summed E-state index contributed by atoms with van der Waals surface area (Å²) in [7, 11) is 1.26. The van der Waals surface area contributed by atoms with E-state index in [9.17, 15) is 25.2 Å². The molecule has 2 aromatic rings. The number of esters is 1. The quantitative estimate of drug-likeness (QED) is 0.472. The lowest BCUT2D eigenvalue weighted by Crippen LogP contribution is -2.60. The van der Waals surface area contributed by atoms with E-state index in [1.165, 1.54) is 19.5 Å². The van der Waals surface area contributed by atoms with Gasteiger partial charge in [0.25, 0.3) is 0 Å². The number of benzene rings is 1. The predicted molar refractivity (Wildman–Crippen MR) is 93.2 cm³/mol. The molecule has 5 atom stereocenters. The minimum Gasteiger partial charge on any atom is -0.464 e. The van der Waals surface area contributed by atoms with Crippen LogP contribution in [0.1, 0.15) is 10.5 Å². The van der Waals surface area contributed by atoms with Crippen molar-refractivity contribution in [3.05, 3.63) is 42.4 Å². The molecule has 0 radical (unpaired) electrons. The van der Waals surface area contributed by atoms with Gasteiger partial charge >= 0.3 is 5.97 Å². The Balaban J connectivity index is 1.70. The second kappa shape index (κ2) is 8.59. The van der Waals surface area contributed by atoms with Crippen LogP contribution >= 0.6 is 0 Å². The Hall–Kier alpha value is -2.63. The van der Waals surface area contributed by atoms with Crippen molar-refractivity contribution in [3.63, 3.8) is 0 Å². The SMILES string of the molecule is COC(=O)c1cnc(-c2ccc(O[C@H]3O[C@H](CO)[C@@H](O)[C@H](O)[C@@H]3O)cc2)cn1. The van der Waals surface area contributed by atoms with E-state index in [2.05, 4.69) is 14.7 Å². The van der Waals surface area contributed by atoms with Gasteiger partial charge in [-0.05, 0) is 24.3 Å². The second-order valence-corrected chi connectivity index (χ2v) is 6.12. The van der Waals surface area contributed by atoms with Crippen LogP contribution in [0.4, 0.5) is 0 Å². The van der Waals surface area contributed by atoms with Crippen LogP contribution in [0.15, 0.2) is 36.7 Å². The van der Waals surface area contributed by atoms with Crippen LogP contribution < -0.4 is 4.74 Å². The predicted octanol–water partition coefficient (Wildman–Crippen LogP) is -0.891. The van der Waals surface area contributed by atoms with Crippen molar-refractivity contribution < 1.29 is 39.4 Å². The van der Waals surface area contributed by atoms with E-state index in [1.54, 1.807) is 24.3 Å². The minimum absolute atomic E-state index is 0.0915. The van der Waals surface area contributed by atoms with E-state index in [4.69, 9.17) is 9.47 Å². The van der Waals surface area contributed by atoms with Gasteiger partial charge in [0.15, 0.2) is 5.69 Å². The van der Waals surface area contributed by atoms with Crippen LogP contribution in [0, 0.1) is 0 Å². The molecule has 28 heavy (non-hydrogen) atoms. The van der Waals surface area contributed by atoms with E-state index >= 15 is 0 Å². The van der Waals surface area contributed by atoms with Crippen LogP contribution in [-0.4, -0.2) is 80.8 Å². The molecule has 10 heteroatoms. The van der Waals surface area contributed by atoms with Gasteiger partial charge in [0.05, 0.1) is 31.8 Å². The number of methoxy groups -OCH3 is 1. The Kier molecular flexibility index (Phi) is 6.17. The number of aliphatic hydroxyl groups is 4. The third-order valence-corrected chi connectivity index (χ3v) is 4.30. The number of aromatic nitrogens is 2. The Bertz CT molecular complexity index is 796. The molecular weight excluding hydrogens is 372 g/mol. The molecule has 0 saturated carbocycles. The van der Waals surface area contributed by atoms with Gasteiger partial charge < -0.3 is 34.6 Å². The summed E-state index contributed by atoms with van der Waals surface area (Å²) in [5.74, 6) is -0.255. The molecule has 1 aliphatic rings. The van der Waals surface area contributed by atoms with Crippen molar-refractivity contribution in [1.82, 2.24) is 9.97 Å². The number of rotatable bonds is 5. The number of carbonyl (C=O) groups is 1. The molecule has 0 bridgehead atoms. The molecule has 2 heterocycles. The number of nitrogens with zero attached hydrogens (tertiary/aromatic N) is 2. The number of ether oxygens (including phenoxy) is 3. The molecule has 4 N–H and O–H groups in total. The molecular formula is C18H20N2O8. The van der Waals surface area contributed by atoms with Crippen molar-refractivity contribution in [3.8, 4) is 17.0 Å². The molecule has 1 fully saturated rings. The van der Waals surface area contributed by atoms with Gasteiger partial charge in [0.2, 0.25) is 6.29 Å². The van der Waals surface area contributed by atoms with Crippen LogP contribution in [0.3, 0.4) is 0 Å². The van der Waals surface area contributed by atoms with E-state index in [0.717, 1.165) is 0 Å². The van der Waals surface area contributed by atoms with Gasteiger partial charge in [0, 0.05) is 5.56 Å². The molecule has 0 spiro atoms. The fourth-order valence-corrected chi connectivity index (χ4v) is 2.69. The first-order valence-corrected chi connectivity index (χ1v) is 8.42. The average molecular weight is 392 g/mol. The standard InChI is InChI=1S/C18H20N2O8/c1-26-17(25)12-7-19-11(6-20-12)9-2-4-10(5-3-9)27-18-16(24)15(23)14(22)13(8-21)28-18/h2-7,13-16,18,21-24H,8H2,1H3/t13-,14-,15+,16+,18+/m1/s1. The molecule has 1 saturated heterocycles. The summed E-state index contributed by atoms with van der Waals surface area (Å²) in [6, 6.07) is 6.54. The first-order valence-electron chi connectivity index (χ1n) is 8.42. The first kappa shape index (κ1) is 20.1. The number of hydrogen-bond donors (Lipinski definition) is 4. The lowest BCUT2D eigenvalue weighted by molar-refractivity contribution is -0.277. The molecule has 0 aliphatic carbocycles. The molecule has 1 aliphatic heterocycles. The van der Waals surface area contributed by atoms with E-state index in [1.807, 2.05) is 0 Å². The van der Waals surface area contributed by atoms with Crippen LogP contribution in [0.25, 0.3) is 11.3 Å². The average Bonchev–Trinajstić information content (AvgIpc) is 2.74. The maximum atomic E-state index is 11.4. The van der Waals surface area contributed by atoms with Gasteiger partial charge in [-0.2, -0.15) is 0 Å². The Morgan fingerprint density at radius 3 is 2.36 bits per heavy atom. The monoisotopic (exact) mass is 392 g/mol. The molecule has 3 rings (SSSR count). The second-order valence-electron chi connectivity index (χ2n) is 6.12. The highest BCUT2D eigenvalue weighted by molar-refractivity contribution is 5.86. The third-order valence-electron chi connectivity index (χ3n) is 4.30. The normalized spacial score (nSPS) is 27.2. The highest BCUT2D eigenvalue weighted by Gasteiger charge is 2.44. The maximum absolute atomic E-state index is 11.4. The summed E-state index contributed by atoms with van der Waals surface area (Å²) in [5, 5.41) is 38.8. The van der Waals surface area contributed by atoms with Crippen LogP contribution in [-0.2, 0) is 9.47 Å². The topological polar surface area (TPSA) is 151 Å². The Morgan fingerprint density at radius 2 is 1.79 bits per heavy atom. The zero-order valence-electron chi connectivity index (χ0n) is 14.9. The zero-order chi connectivity index (χ0) is 20.3. The number of carbonyl (C=O) groups excluding carboxylic acids is 1. The van der Waals surface area contributed by atoms with Crippen molar-refractivity contribution >= 4 is 5.97 Å². The van der Waals surface area contributed by atoms with Crippen molar-refractivity contribution in [2.24, 2.45) is 0 Å². The third kappa shape index (κ3) is 4.11. The summed E-state index contributed by atoms with van der Waals surface area (Å²) in [4.78, 5) is 19.5. The van der Waals surface area contributed by atoms with Crippen molar-refractivity contribution in [2.75, 3.05) is 13.7 Å². The molecule has 10 nitrogen and oxygen atoms in total. The lowest BCUT2D eigenvalue weighted by atomic mass is 9.99. The summed E-state index contributed by atoms with van der Waals surface area (Å²) < 4.78 is 15.4. The highest BCUT2D eigenvalue weighted by Crippen LogP contribution is 2.26. The molecule has 1 aromatic heterocycles. The number of hydrogen-bond acceptors (Lipinski definition) is 10. The Labute approximate surface area is 160 Å². The van der Waals surface area contributed by atoms with Gasteiger partial charge in [0.1, 0.15) is 30.2 Å². The highest BCUT2D eigenvalue weighted by atomic mass is 16.7. The maximum Gasteiger partial charge on any atom is 0.358 e.